The lowest BCUT2D eigenvalue weighted by molar-refractivity contribution is -0.140. The molecular weight excluding hydrogens is 285 g/mol. The Morgan fingerprint density at radius 2 is 2.15 bits per heavy atom. The van der Waals surface area contributed by atoms with E-state index in [0.717, 1.165) is 28.8 Å². The first-order valence-electron chi connectivity index (χ1n) is 5.98. The minimum absolute atomic E-state index is 0.0430. The van der Waals surface area contributed by atoms with Gasteiger partial charge in [0.05, 0.1) is 11.3 Å². The van der Waals surface area contributed by atoms with Gasteiger partial charge >= 0.3 is 5.97 Å². The highest BCUT2D eigenvalue weighted by Gasteiger charge is 2.26. The summed E-state index contributed by atoms with van der Waals surface area (Å²) in [7, 11) is 0. The number of thioether (sulfide) groups is 1. The van der Waals surface area contributed by atoms with E-state index in [1.807, 2.05) is 0 Å². The van der Waals surface area contributed by atoms with E-state index in [-0.39, 0.29) is 28.0 Å². The molecule has 0 aliphatic carbocycles. The Morgan fingerprint density at radius 3 is 2.75 bits per heavy atom. The number of amides is 2. The van der Waals surface area contributed by atoms with Crippen LogP contribution < -0.4 is 0 Å². The third-order valence-corrected chi connectivity index (χ3v) is 3.92. The molecule has 0 radical (unpaired) electrons. The number of benzene rings is 1. The highest BCUT2D eigenvalue weighted by Crippen LogP contribution is 2.24. The molecule has 106 valence electrons. The minimum Gasteiger partial charge on any atom is -0.478 e. The summed E-state index contributed by atoms with van der Waals surface area (Å²) in [5, 5.41) is 8.83. The monoisotopic (exact) mass is 297 g/mol. The van der Waals surface area contributed by atoms with E-state index in [0.29, 0.717) is 19.4 Å². The Morgan fingerprint density at radius 1 is 1.40 bits per heavy atom. The van der Waals surface area contributed by atoms with Crippen LogP contribution in [0.3, 0.4) is 0 Å². The zero-order chi connectivity index (χ0) is 14.7. The fourth-order valence-corrected chi connectivity index (χ4v) is 2.73. The molecule has 1 fully saturated rings. The second kappa shape index (κ2) is 6.04. The molecule has 1 aliphatic heterocycles. The van der Waals surface area contributed by atoms with Crippen molar-refractivity contribution in [2.75, 3.05) is 12.3 Å². The molecule has 1 N–H and O–H groups in total. The lowest BCUT2D eigenvalue weighted by Gasteiger charge is -2.13. The second-order valence-electron chi connectivity index (χ2n) is 4.28. The van der Waals surface area contributed by atoms with E-state index in [1.165, 1.54) is 6.07 Å². The van der Waals surface area contributed by atoms with Gasteiger partial charge in [-0.3, -0.25) is 14.5 Å². The maximum absolute atomic E-state index is 13.5. The molecule has 2 rings (SSSR count). The lowest BCUT2D eigenvalue weighted by atomic mass is 10.2. The Kier molecular flexibility index (Phi) is 4.39. The van der Waals surface area contributed by atoms with Crippen LogP contribution in [0, 0.1) is 5.82 Å². The summed E-state index contributed by atoms with van der Waals surface area (Å²) in [5.41, 5.74) is -0.0430. The van der Waals surface area contributed by atoms with E-state index >= 15 is 0 Å². The van der Waals surface area contributed by atoms with Crippen LogP contribution >= 0.6 is 11.8 Å². The Bertz CT molecular complexity index is 575. The van der Waals surface area contributed by atoms with Gasteiger partial charge in [0.25, 0.3) is 0 Å². The number of carbonyl (C=O) groups is 3. The zero-order valence-corrected chi connectivity index (χ0v) is 11.3. The van der Waals surface area contributed by atoms with Gasteiger partial charge < -0.3 is 5.11 Å². The Hall–Kier alpha value is -1.89. The number of likely N-dealkylation sites (tertiary alicyclic amines) is 1. The summed E-state index contributed by atoms with van der Waals surface area (Å²) in [5.74, 6) is -2.42. The molecule has 0 aromatic heterocycles. The number of imide groups is 1. The van der Waals surface area contributed by atoms with Crippen molar-refractivity contribution in [3.63, 3.8) is 0 Å². The van der Waals surface area contributed by atoms with E-state index in [9.17, 15) is 18.8 Å². The normalized spacial score (nSPS) is 14.7. The molecule has 7 heteroatoms. The van der Waals surface area contributed by atoms with E-state index in [2.05, 4.69) is 0 Å². The van der Waals surface area contributed by atoms with E-state index < -0.39 is 11.8 Å². The zero-order valence-electron chi connectivity index (χ0n) is 10.5. The Balaban J connectivity index is 2.03. The molecule has 0 atom stereocenters. The standard InChI is InChI=1S/C13H12FNO4S/c14-9-4-3-8(13(18)19)6-10(9)20-7-12(17)15-5-1-2-11(15)16/h3-4,6H,1-2,5,7H2,(H,18,19). The molecule has 1 saturated heterocycles. The average Bonchev–Trinajstić information content (AvgIpc) is 2.83. The van der Waals surface area contributed by atoms with Crippen molar-refractivity contribution in [2.24, 2.45) is 0 Å². The summed E-state index contributed by atoms with van der Waals surface area (Å²) in [6.07, 6.45) is 1.01. The highest BCUT2D eigenvalue weighted by atomic mass is 32.2. The van der Waals surface area contributed by atoms with Gasteiger partial charge in [-0.2, -0.15) is 0 Å². The third kappa shape index (κ3) is 3.16. The van der Waals surface area contributed by atoms with Crippen LogP contribution in [0.15, 0.2) is 23.1 Å². The molecule has 0 unspecified atom stereocenters. The maximum atomic E-state index is 13.5. The van der Waals surface area contributed by atoms with Crippen LogP contribution in [0.2, 0.25) is 0 Å². The number of rotatable bonds is 4. The van der Waals surface area contributed by atoms with E-state index in [1.54, 1.807) is 0 Å². The van der Waals surface area contributed by atoms with Gasteiger partial charge in [-0.15, -0.1) is 11.8 Å². The van der Waals surface area contributed by atoms with Crippen LogP contribution in [0.25, 0.3) is 0 Å². The number of aromatic carboxylic acids is 1. The van der Waals surface area contributed by atoms with Gasteiger partial charge in [0.15, 0.2) is 0 Å². The van der Waals surface area contributed by atoms with Gasteiger partial charge in [-0.25, -0.2) is 9.18 Å². The number of carboxylic acid groups (broad SMARTS) is 1. The average molecular weight is 297 g/mol. The number of nitrogens with zero attached hydrogens (tertiary/aromatic N) is 1. The van der Waals surface area contributed by atoms with Gasteiger partial charge in [0.2, 0.25) is 11.8 Å². The fraction of sp³-hybridized carbons (Fsp3) is 0.308. The third-order valence-electron chi connectivity index (χ3n) is 2.90. The number of halogens is 1. The highest BCUT2D eigenvalue weighted by molar-refractivity contribution is 8.00. The van der Waals surface area contributed by atoms with Crippen LogP contribution in [0.1, 0.15) is 23.2 Å². The van der Waals surface area contributed by atoms with Gasteiger partial charge in [-0.05, 0) is 24.6 Å². The fourth-order valence-electron chi connectivity index (χ4n) is 1.88. The van der Waals surface area contributed by atoms with Crippen LogP contribution in [0.4, 0.5) is 4.39 Å². The molecule has 2 amide bonds. The molecule has 5 nitrogen and oxygen atoms in total. The molecule has 1 aliphatic rings. The molecule has 1 aromatic carbocycles. The van der Waals surface area contributed by atoms with Crippen molar-refractivity contribution in [3.8, 4) is 0 Å². The first kappa shape index (κ1) is 14.5. The van der Waals surface area contributed by atoms with Gasteiger partial charge in [0.1, 0.15) is 5.82 Å². The van der Waals surface area contributed by atoms with Crippen molar-refractivity contribution in [1.29, 1.82) is 0 Å². The quantitative estimate of drug-likeness (QED) is 0.857. The second-order valence-corrected chi connectivity index (χ2v) is 5.30. The molecular formula is C13H12FNO4S. The first-order valence-corrected chi connectivity index (χ1v) is 6.96. The molecule has 1 aromatic rings. The number of carboxylic acids is 1. The van der Waals surface area contributed by atoms with Gasteiger partial charge in [0, 0.05) is 17.9 Å². The predicted molar refractivity (Wildman–Crippen MR) is 70.0 cm³/mol. The maximum Gasteiger partial charge on any atom is 0.335 e. The van der Waals surface area contributed by atoms with Crippen molar-refractivity contribution in [2.45, 2.75) is 17.7 Å². The summed E-state index contributed by atoms with van der Waals surface area (Å²) >= 11 is 0.894. The van der Waals surface area contributed by atoms with Crippen LogP contribution in [-0.2, 0) is 9.59 Å². The first-order chi connectivity index (χ1) is 9.49. The molecule has 1 heterocycles. The van der Waals surface area contributed by atoms with E-state index in [4.69, 9.17) is 5.11 Å². The van der Waals surface area contributed by atoms with Crippen molar-refractivity contribution in [1.82, 2.24) is 4.90 Å². The van der Waals surface area contributed by atoms with Crippen molar-refractivity contribution in [3.05, 3.63) is 29.6 Å². The van der Waals surface area contributed by atoms with Crippen LogP contribution in [-0.4, -0.2) is 40.1 Å². The predicted octanol–water partition coefficient (Wildman–Crippen LogP) is 1.76. The van der Waals surface area contributed by atoms with Gasteiger partial charge in [-0.1, -0.05) is 0 Å². The van der Waals surface area contributed by atoms with Crippen molar-refractivity contribution < 1.29 is 23.9 Å². The minimum atomic E-state index is -1.16. The summed E-state index contributed by atoms with van der Waals surface area (Å²) in [6.45, 7) is 0.399. The smallest absolute Gasteiger partial charge is 0.335 e. The molecule has 0 bridgehead atoms. The van der Waals surface area contributed by atoms with Crippen LogP contribution in [0.5, 0.6) is 0 Å². The Labute approximate surface area is 118 Å². The molecule has 0 saturated carbocycles. The SMILES string of the molecule is O=C(O)c1ccc(F)c(SCC(=O)N2CCCC2=O)c1. The number of hydrogen-bond acceptors (Lipinski definition) is 4. The summed E-state index contributed by atoms with van der Waals surface area (Å²) in [4.78, 5) is 35.2. The molecule has 0 spiro atoms. The lowest BCUT2D eigenvalue weighted by Crippen LogP contribution is -2.33. The topological polar surface area (TPSA) is 74.7 Å². The number of hydrogen-bond donors (Lipinski definition) is 1. The summed E-state index contributed by atoms with van der Waals surface area (Å²) < 4.78 is 13.5. The largest absolute Gasteiger partial charge is 0.478 e. The summed E-state index contributed by atoms with van der Waals surface area (Å²) in [6, 6.07) is 3.40. The number of carbonyl (C=O) groups excluding carboxylic acids is 2. The van der Waals surface area contributed by atoms with Crippen molar-refractivity contribution >= 4 is 29.5 Å². The molecule has 20 heavy (non-hydrogen) atoms.